The van der Waals surface area contributed by atoms with Gasteiger partial charge in [-0.3, -0.25) is 0 Å². The Bertz CT molecular complexity index is 473. The van der Waals surface area contributed by atoms with Crippen LogP contribution in [0, 0.1) is 0 Å². The van der Waals surface area contributed by atoms with Crippen molar-refractivity contribution in [3.05, 3.63) is 65.7 Å². The molecule has 1 N–H and O–H groups in total. The van der Waals surface area contributed by atoms with Crippen LogP contribution in [-0.2, 0) is 0 Å². The fourth-order valence-corrected chi connectivity index (χ4v) is 1.75. The van der Waals surface area contributed by atoms with Crippen molar-refractivity contribution in [3.8, 4) is 5.75 Å². The van der Waals surface area contributed by atoms with Gasteiger partial charge in [-0.2, -0.15) is 0 Å². The maximum atomic E-state index is 8.27. The Morgan fingerprint density at radius 3 is 1.50 bits per heavy atom. The summed E-state index contributed by atoms with van der Waals surface area (Å²) in [5.41, 5.74) is 2.66. The molecule has 0 heterocycles. The van der Waals surface area contributed by atoms with Crippen LogP contribution in [0.3, 0.4) is 0 Å². The Hall–Kier alpha value is -1.80. The van der Waals surface area contributed by atoms with Crippen LogP contribution < -0.4 is 4.89 Å². The van der Waals surface area contributed by atoms with Gasteiger partial charge >= 0.3 is 0 Å². The molecule has 0 saturated heterocycles. The molecule has 0 fully saturated rings. The van der Waals surface area contributed by atoms with Gasteiger partial charge in [0.2, 0.25) is 0 Å². The van der Waals surface area contributed by atoms with Crippen LogP contribution >= 0.6 is 0 Å². The van der Waals surface area contributed by atoms with Crippen molar-refractivity contribution in [2.75, 3.05) is 0 Å². The third-order valence-electron chi connectivity index (χ3n) is 3.12. The molecule has 0 amide bonds. The molecule has 0 bridgehead atoms. The summed E-state index contributed by atoms with van der Waals surface area (Å²) in [7, 11) is 0. The minimum Gasteiger partial charge on any atom is -0.340 e. The third-order valence-corrected chi connectivity index (χ3v) is 3.12. The molecule has 108 valence electrons. The van der Waals surface area contributed by atoms with Gasteiger partial charge in [0.05, 0.1) is 0 Å². The van der Waals surface area contributed by atoms with Gasteiger partial charge in [-0.05, 0) is 35.1 Å². The molecule has 0 saturated carbocycles. The monoisotopic (exact) mass is 272 g/mol. The van der Waals surface area contributed by atoms with Gasteiger partial charge in [-0.15, -0.1) is 0 Å². The first kappa shape index (κ1) is 16.3. The van der Waals surface area contributed by atoms with Crippen LogP contribution in [0.2, 0.25) is 0 Å². The quantitative estimate of drug-likeness (QED) is 0.593. The van der Waals surface area contributed by atoms with E-state index in [1.165, 1.54) is 11.1 Å². The summed E-state index contributed by atoms with van der Waals surface area (Å²) < 4.78 is 0. The zero-order valence-corrected chi connectivity index (χ0v) is 12.7. The highest BCUT2D eigenvalue weighted by Gasteiger charge is 1.98. The molecule has 0 aliphatic carbocycles. The average molecular weight is 272 g/mol. The van der Waals surface area contributed by atoms with Crippen molar-refractivity contribution in [1.29, 1.82) is 0 Å². The molecule has 0 radical (unpaired) electrons. The summed E-state index contributed by atoms with van der Waals surface area (Å²) in [5, 5.41) is 8.27. The second-order valence-electron chi connectivity index (χ2n) is 5.38. The number of hydrogen-bond acceptors (Lipinski definition) is 2. The van der Waals surface area contributed by atoms with Crippen molar-refractivity contribution in [2.24, 2.45) is 0 Å². The SMILES string of the molecule is CC(C)c1ccc(OO)cc1.CC(C)c1ccccc1. The Labute approximate surface area is 122 Å². The van der Waals surface area contributed by atoms with E-state index in [4.69, 9.17) is 5.26 Å². The van der Waals surface area contributed by atoms with Gasteiger partial charge in [0, 0.05) is 0 Å². The lowest BCUT2D eigenvalue weighted by Crippen LogP contribution is -1.87. The van der Waals surface area contributed by atoms with Crippen LogP contribution in [0.5, 0.6) is 5.75 Å². The first-order valence-corrected chi connectivity index (χ1v) is 7.01. The predicted molar refractivity (Wildman–Crippen MR) is 84.3 cm³/mol. The van der Waals surface area contributed by atoms with E-state index in [0.717, 1.165) is 0 Å². The second kappa shape index (κ2) is 8.39. The molecule has 20 heavy (non-hydrogen) atoms. The molecule has 0 atom stereocenters. The van der Waals surface area contributed by atoms with Crippen molar-refractivity contribution in [1.82, 2.24) is 0 Å². The zero-order chi connectivity index (χ0) is 15.0. The van der Waals surface area contributed by atoms with Crippen molar-refractivity contribution in [2.45, 2.75) is 39.5 Å². The molecular weight excluding hydrogens is 248 g/mol. The Morgan fingerprint density at radius 2 is 1.15 bits per heavy atom. The molecule has 2 nitrogen and oxygen atoms in total. The van der Waals surface area contributed by atoms with E-state index in [-0.39, 0.29) is 0 Å². The molecule has 0 aromatic heterocycles. The minimum absolute atomic E-state index is 0.481. The normalized spacial score (nSPS) is 10.2. The van der Waals surface area contributed by atoms with E-state index in [9.17, 15) is 0 Å². The minimum atomic E-state index is 0.481. The molecule has 2 rings (SSSR count). The van der Waals surface area contributed by atoms with E-state index in [1.807, 2.05) is 18.2 Å². The van der Waals surface area contributed by atoms with Crippen LogP contribution in [0.1, 0.15) is 50.7 Å². The van der Waals surface area contributed by atoms with Crippen LogP contribution in [0.4, 0.5) is 0 Å². The van der Waals surface area contributed by atoms with Gasteiger partial charge in [0.25, 0.3) is 0 Å². The van der Waals surface area contributed by atoms with E-state index in [0.29, 0.717) is 17.6 Å². The van der Waals surface area contributed by atoms with Crippen molar-refractivity contribution >= 4 is 0 Å². The molecule has 0 unspecified atom stereocenters. The lowest BCUT2D eigenvalue weighted by molar-refractivity contribution is -0.137. The van der Waals surface area contributed by atoms with Crippen molar-refractivity contribution in [3.63, 3.8) is 0 Å². The highest BCUT2D eigenvalue weighted by molar-refractivity contribution is 5.28. The highest BCUT2D eigenvalue weighted by Crippen LogP contribution is 2.17. The zero-order valence-electron chi connectivity index (χ0n) is 12.7. The fourth-order valence-electron chi connectivity index (χ4n) is 1.75. The van der Waals surface area contributed by atoms with Crippen molar-refractivity contribution < 1.29 is 10.1 Å². The van der Waals surface area contributed by atoms with E-state index < -0.39 is 0 Å². The van der Waals surface area contributed by atoms with E-state index in [2.05, 4.69) is 56.8 Å². The van der Waals surface area contributed by atoms with Gasteiger partial charge in [-0.25, -0.2) is 5.26 Å². The smallest absolute Gasteiger partial charge is 0.165 e. The number of hydrogen-bond donors (Lipinski definition) is 1. The molecule has 0 aliphatic heterocycles. The molecule has 0 spiro atoms. The predicted octanol–water partition coefficient (Wildman–Crippen LogP) is 5.47. The summed E-state index contributed by atoms with van der Waals surface area (Å²) >= 11 is 0. The largest absolute Gasteiger partial charge is 0.340 e. The Morgan fingerprint density at radius 1 is 0.700 bits per heavy atom. The topological polar surface area (TPSA) is 29.5 Å². The summed E-state index contributed by atoms with van der Waals surface area (Å²) in [4.78, 5) is 4.05. The van der Waals surface area contributed by atoms with Gasteiger partial charge in [-0.1, -0.05) is 70.2 Å². The molecule has 0 aliphatic rings. The Kier molecular flexibility index (Phi) is 6.82. The maximum Gasteiger partial charge on any atom is 0.165 e. The standard InChI is InChI=1S/C9H12O2.C9H12/c1-7(2)8-3-5-9(11-10)6-4-8;1-8(2)9-6-4-3-5-7-9/h3-7,10H,1-2H3;3-8H,1-2H3. The van der Waals surface area contributed by atoms with Crippen LogP contribution in [0.15, 0.2) is 54.6 Å². The molecule has 2 aromatic carbocycles. The summed E-state index contributed by atoms with van der Waals surface area (Å²) in [6, 6.07) is 17.9. The molecule has 2 aromatic rings. The van der Waals surface area contributed by atoms with Crippen LogP contribution in [0.25, 0.3) is 0 Å². The summed E-state index contributed by atoms with van der Waals surface area (Å²) in [6.45, 7) is 8.65. The average Bonchev–Trinajstić information content (AvgIpc) is 2.49. The fraction of sp³-hybridized carbons (Fsp3) is 0.333. The Balaban J connectivity index is 0.000000204. The maximum absolute atomic E-state index is 8.27. The molecular formula is C18H24O2. The number of benzene rings is 2. The highest BCUT2D eigenvalue weighted by atomic mass is 17.1. The third kappa shape index (κ3) is 5.45. The van der Waals surface area contributed by atoms with E-state index >= 15 is 0 Å². The lowest BCUT2D eigenvalue weighted by atomic mass is 10.0. The molecule has 2 heteroatoms. The number of rotatable bonds is 3. The summed E-state index contributed by atoms with van der Waals surface area (Å²) in [5.74, 6) is 1.66. The lowest BCUT2D eigenvalue weighted by Gasteiger charge is -2.04. The first-order chi connectivity index (χ1) is 9.54. The second-order valence-corrected chi connectivity index (χ2v) is 5.38. The summed E-state index contributed by atoms with van der Waals surface area (Å²) in [6.07, 6.45) is 0. The van der Waals surface area contributed by atoms with Gasteiger partial charge in [0.15, 0.2) is 5.75 Å². The van der Waals surface area contributed by atoms with Gasteiger partial charge in [0.1, 0.15) is 0 Å². The van der Waals surface area contributed by atoms with Crippen LogP contribution in [-0.4, -0.2) is 5.26 Å². The van der Waals surface area contributed by atoms with Gasteiger partial charge < -0.3 is 4.89 Å². The first-order valence-electron chi connectivity index (χ1n) is 7.01. The van der Waals surface area contributed by atoms with E-state index in [1.54, 1.807) is 12.1 Å².